The average molecular weight is 261 g/mol. The Morgan fingerprint density at radius 2 is 2.05 bits per heavy atom. The molecule has 100 valence electrons. The maximum absolute atomic E-state index is 11.3. The number of carbonyl (C=O) groups is 2. The van der Waals surface area contributed by atoms with Gasteiger partial charge in [0.05, 0.1) is 6.21 Å². The molecule has 0 fully saturated rings. The van der Waals surface area contributed by atoms with E-state index in [1.54, 1.807) is 18.2 Å². The molecule has 19 heavy (non-hydrogen) atoms. The van der Waals surface area contributed by atoms with Crippen molar-refractivity contribution in [3.63, 3.8) is 0 Å². The van der Waals surface area contributed by atoms with Crippen LogP contribution in [-0.2, 0) is 9.59 Å². The van der Waals surface area contributed by atoms with E-state index in [0.29, 0.717) is 12.1 Å². The van der Waals surface area contributed by atoms with Crippen molar-refractivity contribution in [3.05, 3.63) is 42.5 Å². The van der Waals surface area contributed by atoms with E-state index in [2.05, 4.69) is 22.4 Å². The molecule has 0 heterocycles. The predicted octanol–water partition coefficient (Wildman–Crippen LogP) is 0.535. The predicted molar refractivity (Wildman–Crippen MR) is 71.7 cm³/mol. The van der Waals surface area contributed by atoms with Crippen LogP contribution in [0.25, 0.3) is 0 Å². The van der Waals surface area contributed by atoms with Crippen LogP contribution < -0.4 is 10.7 Å². The third-order valence-electron chi connectivity index (χ3n) is 2.09. The minimum absolute atomic E-state index is 0.0595. The number of hydrogen-bond acceptors (Lipinski definition) is 4. The first-order chi connectivity index (χ1) is 9.13. The number of phenolic OH excluding ortho intramolecular Hbond substituents is 1. The van der Waals surface area contributed by atoms with Gasteiger partial charge in [0.2, 0.25) is 11.8 Å². The molecule has 0 saturated heterocycles. The van der Waals surface area contributed by atoms with Gasteiger partial charge in [0, 0.05) is 12.1 Å². The molecule has 0 aliphatic rings. The zero-order chi connectivity index (χ0) is 14.1. The summed E-state index contributed by atoms with van der Waals surface area (Å²) in [5.74, 6) is -0.882. The van der Waals surface area contributed by atoms with Gasteiger partial charge in [-0.05, 0) is 12.1 Å². The van der Waals surface area contributed by atoms with Gasteiger partial charge < -0.3 is 10.4 Å². The average Bonchev–Trinajstić information content (AvgIpc) is 2.38. The molecule has 1 aromatic carbocycles. The minimum Gasteiger partial charge on any atom is -0.507 e. The van der Waals surface area contributed by atoms with Crippen LogP contribution in [-0.4, -0.2) is 29.7 Å². The summed E-state index contributed by atoms with van der Waals surface area (Å²) in [6.07, 6.45) is 2.51. The van der Waals surface area contributed by atoms with Crippen molar-refractivity contribution < 1.29 is 14.7 Å². The number of carbonyl (C=O) groups excluding carboxylic acids is 2. The Kier molecular flexibility index (Phi) is 5.81. The van der Waals surface area contributed by atoms with Crippen LogP contribution in [0.4, 0.5) is 0 Å². The molecule has 3 N–H and O–H groups in total. The van der Waals surface area contributed by atoms with Gasteiger partial charge in [-0.25, -0.2) is 5.43 Å². The highest BCUT2D eigenvalue weighted by Gasteiger charge is 2.06. The van der Waals surface area contributed by atoms with Crippen LogP contribution in [0.5, 0.6) is 5.75 Å². The largest absolute Gasteiger partial charge is 0.507 e. The molecule has 0 unspecified atom stereocenters. The lowest BCUT2D eigenvalue weighted by atomic mass is 10.2. The molecule has 1 rings (SSSR count). The van der Waals surface area contributed by atoms with E-state index in [9.17, 15) is 14.7 Å². The van der Waals surface area contributed by atoms with Gasteiger partial charge in [0.15, 0.2) is 0 Å². The van der Waals surface area contributed by atoms with Gasteiger partial charge >= 0.3 is 0 Å². The van der Waals surface area contributed by atoms with E-state index in [0.717, 1.165) is 0 Å². The molecule has 0 aromatic heterocycles. The van der Waals surface area contributed by atoms with Gasteiger partial charge in [0.25, 0.3) is 0 Å². The summed E-state index contributed by atoms with van der Waals surface area (Å²) in [5, 5.41) is 15.6. The quantitative estimate of drug-likeness (QED) is 0.302. The van der Waals surface area contributed by atoms with E-state index in [1.807, 2.05) is 0 Å². The maximum Gasteiger partial charge on any atom is 0.249 e. The summed E-state index contributed by atoms with van der Waals surface area (Å²) < 4.78 is 0. The second-order valence-corrected chi connectivity index (χ2v) is 3.62. The Bertz CT molecular complexity index is 498. The number of rotatable bonds is 6. The first-order valence-corrected chi connectivity index (χ1v) is 5.61. The van der Waals surface area contributed by atoms with Crippen LogP contribution >= 0.6 is 0 Å². The molecule has 0 spiro atoms. The molecule has 6 heteroatoms. The molecule has 0 saturated carbocycles. The molecule has 0 aliphatic carbocycles. The molecule has 0 bridgehead atoms. The number of aromatic hydroxyl groups is 1. The third kappa shape index (κ3) is 5.49. The van der Waals surface area contributed by atoms with E-state index in [-0.39, 0.29) is 12.2 Å². The maximum atomic E-state index is 11.3. The Morgan fingerprint density at radius 3 is 2.74 bits per heavy atom. The zero-order valence-corrected chi connectivity index (χ0v) is 10.3. The molecular weight excluding hydrogens is 246 g/mol. The fourth-order valence-electron chi connectivity index (χ4n) is 1.20. The Morgan fingerprint density at radius 1 is 1.32 bits per heavy atom. The number of hydrazone groups is 1. The number of hydrogen-bond donors (Lipinski definition) is 3. The molecule has 2 amide bonds. The van der Waals surface area contributed by atoms with Gasteiger partial charge in [0.1, 0.15) is 12.2 Å². The highest BCUT2D eigenvalue weighted by atomic mass is 16.3. The summed E-state index contributed by atoms with van der Waals surface area (Å²) >= 11 is 0. The van der Waals surface area contributed by atoms with Crippen molar-refractivity contribution in [1.29, 1.82) is 0 Å². The monoisotopic (exact) mass is 261 g/mol. The van der Waals surface area contributed by atoms with Gasteiger partial charge in [-0.2, -0.15) is 5.10 Å². The summed E-state index contributed by atoms with van der Waals surface area (Å²) in [6.45, 7) is 3.75. The summed E-state index contributed by atoms with van der Waals surface area (Å²) in [5.41, 5.74) is 2.67. The minimum atomic E-state index is -0.534. The zero-order valence-electron chi connectivity index (χ0n) is 10.3. The van der Waals surface area contributed by atoms with Gasteiger partial charge in [-0.3, -0.25) is 9.59 Å². The number of phenols is 1. The summed E-state index contributed by atoms with van der Waals surface area (Å²) in [7, 11) is 0. The first kappa shape index (κ1) is 14.4. The lowest BCUT2D eigenvalue weighted by Gasteiger charge is -2.01. The highest BCUT2D eigenvalue weighted by Crippen LogP contribution is 2.12. The Hall–Kier alpha value is -2.63. The lowest BCUT2D eigenvalue weighted by Crippen LogP contribution is -2.29. The fourth-order valence-corrected chi connectivity index (χ4v) is 1.20. The smallest absolute Gasteiger partial charge is 0.249 e. The normalized spacial score (nSPS) is 10.1. The summed E-state index contributed by atoms with van der Waals surface area (Å²) in [6, 6.07) is 6.55. The van der Waals surface area contributed by atoms with Crippen LogP contribution in [0, 0.1) is 0 Å². The molecule has 0 atom stereocenters. The number of amides is 2. The van der Waals surface area contributed by atoms with Gasteiger partial charge in [-0.1, -0.05) is 18.2 Å². The van der Waals surface area contributed by atoms with E-state index in [1.165, 1.54) is 18.4 Å². The van der Waals surface area contributed by atoms with E-state index < -0.39 is 11.8 Å². The Labute approximate surface area is 110 Å². The first-order valence-electron chi connectivity index (χ1n) is 5.61. The molecule has 6 nitrogen and oxygen atoms in total. The van der Waals surface area contributed by atoms with Crippen molar-refractivity contribution in [2.45, 2.75) is 6.42 Å². The third-order valence-corrected chi connectivity index (χ3v) is 2.09. The molecule has 0 aliphatic heterocycles. The van der Waals surface area contributed by atoms with E-state index >= 15 is 0 Å². The molecular formula is C13H15N3O3. The SMILES string of the molecule is C=CCNC(=O)CC(=O)N/N=C/c1ccccc1O. The highest BCUT2D eigenvalue weighted by molar-refractivity contribution is 5.97. The number of nitrogens with zero attached hydrogens (tertiary/aromatic N) is 1. The second kappa shape index (κ2) is 7.65. The van der Waals surface area contributed by atoms with Gasteiger partial charge in [-0.15, -0.1) is 6.58 Å². The molecule has 1 aromatic rings. The van der Waals surface area contributed by atoms with Crippen molar-refractivity contribution >= 4 is 18.0 Å². The standard InChI is InChI=1S/C13H15N3O3/c1-2-7-14-12(18)8-13(19)16-15-9-10-5-3-4-6-11(10)17/h2-6,9,17H,1,7-8H2,(H,14,18)(H,16,19)/b15-9+. The summed E-state index contributed by atoms with van der Waals surface area (Å²) in [4.78, 5) is 22.5. The van der Waals surface area contributed by atoms with Crippen molar-refractivity contribution in [2.24, 2.45) is 5.10 Å². The lowest BCUT2D eigenvalue weighted by molar-refractivity contribution is -0.129. The van der Waals surface area contributed by atoms with E-state index in [4.69, 9.17) is 0 Å². The van der Waals surface area contributed by atoms with Crippen molar-refractivity contribution in [2.75, 3.05) is 6.54 Å². The van der Waals surface area contributed by atoms with Crippen LogP contribution in [0.2, 0.25) is 0 Å². The molecule has 0 radical (unpaired) electrons. The van der Waals surface area contributed by atoms with Crippen LogP contribution in [0.1, 0.15) is 12.0 Å². The second-order valence-electron chi connectivity index (χ2n) is 3.62. The van der Waals surface area contributed by atoms with Crippen LogP contribution in [0.3, 0.4) is 0 Å². The fraction of sp³-hybridized carbons (Fsp3) is 0.154. The van der Waals surface area contributed by atoms with Crippen LogP contribution in [0.15, 0.2) is 42.0 Å². The number of benzene rings is 1. The van der Waals surface area contributed by atoms with Crippen molar-refractivity contribution in [1.82, 2.24) is 10.7 Å². The number of para-hydroxylation sites is 1. The Balaban J connectivity index is 2.40. The topological polar surface area (TPSA) is 90.8 Å². The van der Waals surface area contributed by atoms with Crippen molar-refractivity contribution in [3.8, 4) is 5.75 Å². The number of nitrogens with one attached hydrogen (secondary N) is 2.